The molecule has 1 fully saturated rings. The Labute approximate surface area is 202 Å². The van der Waals surface area contributed by atoms with Crippen LogP contribution in [0.2, 0.25) is 0 Å². The minimum Gasteiger partial charge on any atom is -0.493 e. The van der Waals surface area contributed by atoms with Crippen molar-refractivity contribution in [3.8, 4) is 11.5 Å². The molecule has 0 radical (unpaired) electrons. The molecule has 6 nitrogen and oxygen atoms in total. The van der Waals surface area contributed by atoms with E-state index in [2.05, 4.69) is 0 Å². The van der Waals surface area contributed by atoms with E-state index < -0.39 is 99.2 Å². The minimum absolute atomic E-state index is 0.289. The maximum atomic E-state index is 13.1. The van der Waals surface area contributed by atoms with Crippen LogP contribution in [0.25, 0.3) is 0 Å². The van der Waals surface area contributed by atoms with Crippen molar-refractivity contribution in [3.63, 3.8) is 0 Å². The molecule has 0 bridgehead atoms. The van der Waals surface area contributed by atoms with Gasteiger partial charge >= 0.3 is 5.97 Å². The Morgan fingerprint density at radius 2 is 2.20 bits per heavy atom. The first kappa shape index (κ1) is 10.2. The molecule has 0 aliphatic carbocycles. The van der Waals surface area contributed by atoms with Gasteiger partial charge in [0, 0.05) is 45.1 Å². The Morgan fingerprint density at radius 1 is 1.43 bits per heavy atom. The average molecular weight is 434 g/mol. The van der Waals surface area contributed by atoms with Crippen molar-refractivity contribution < 1.29 is 39.6 Å². The summed E-state index contributed by atoms with van der Waals surface area (Å²) in [6.07, 6.45) is -10.2. The number of nitrogens with two attached hydrogens (primary N) is 1. The number of methoxy groups -OCH3 is 2. The second-order valence-corrected chi connectivity index (χ2v) is 7.60. The lowest BCUT2D eigenvalue weighted by Crippen LogP contribution is -2.51. The first-order valence-corrected chi connectivity index (χ1v) is 9.60. The predicted octanol–water partition coefficient (Wildman–Crippen LogP) is 3.56. The number of hydrogen-bond donors (Lipinski definition) is 1. The Bertz CT molecular complexity index is 1320. The van der Waals surface area contributed by atoms with Crippen LogP contribution in [0, 0.1) is 17.7 Å². The topological polar surface area (TPSA) is 74.0 Å². The molecule has 1 aromatic carbocycles. The lowest BCUT2D eigenvalue weighted by Gasteiger charge is -2.47. The molecule has 30 heavy (non-hydrogen) atoms. The Hall–Kier alpha value is -1.79. The molecule has 2 aliphatic heterocycles. The van der Waals surface area contributed by atoms with Crippen molar-refractivity contribution in [2.75, 3.05) is 27.2 Å². The van der Waals surface area contributed by atoms with Gasteiger partial charge in [-0.3, -0.25) is 9.69 Å². The van der Waals surface area contributed by atoms with Crippen LogP contribution in [0.5, 0.6) is 11.5 Å². The third-order valence-electron chi connectivity index (χ3n) is 5.08. The van der Waals surface area contributed by atoms with E-state index in [1.807, 2.05) is 0 Å². The van der Waals surface area contributed by atoms with Crippen LogP contribution in [-0.2, 0) is 15.9 Å². The summed E-state index contributed by atoms with van der Waals surface area (Å²) in [5.74, 6) is -7.58. The summed E-state index contributed by atoms with van der Waals surface area (Å²) < 4.78 is 142. The SMILES string of the molecule is [2H]C([2H])([2H])Oc1cc2c(cc1OC)C1([2H])CC([2H])(OC(=O)[C@@H](N)C(C)C)C(C([2H])([2H])C([2H])(C)C([2H])([2H])[2H])CN1C([2H])([2H])C2([2H])[2H]. The zero-order chi connectivity index (χ0) is 35.1. The third-order valence-corrected chi connectivity index (χ3v) is 5.08. The van der Waals surface area contributed by atoms with E-state index in [9.17, 15) is 7.54 Å². The fourth-order valence-electron chi connectivity index (χ4n) is 3.37. The Morgan fingerprint density at radius 3 is 2.87 bits per heavy atom. The number of rotatable bonds is 7. The molecule has 0 amide bonds. The molecule has 1 aromatic rings. The monoisotopic (exact) mass is 433 g/mol. The molecule has 0 saturated carbocycles. The molecule has 4 unspecified atom stereocenters. The molecular formula is C24H38N2O4. The molecule has 2 N–H and O–H groups in total. The van der Waals surface area contributed by atoms with E-state index in [-0.39, 0.29) is 11.3 Å². The summed E-state index contributed by atoms with van der Waals surface area (Å²) in [4.78, 5) is 13.8. The lowest BCUT2D eigenvalue weighted by molar-refractivity contribution is -0.160. The van der Waals surface area contributed by atoms with E-state index in [4.69, 9.17) is 37.8 Å². The van der Waals surface area contributed by atoms with Gasteiger partial charge in [0.05, 0.1) is 21.0 Å². The van der Waals surface area contributed by atoms with Gasteiger partial charge in [0.2, 0.25) is 0 Å². The van der Waals surface area contributed by atoms with Crippen molar-refractivity contribution in [2.24, 2.45) is 23.5 Å². The maximum absolute atomic E-state index is 13.1. The predicted molar refractivity (Wildman–Crippen MR) is 118 cm³/mol. The highest BCUT2D eigenvalue weighted by molar-refractivity contribution is 5.76. The first-order chi connectivity index (χ1) is 19.9. The van der Waals surface area contributed by atoms with Gasteiger partial charge in [0.1, 0.15) is 12.1 Å². The van der Waals surface area contributed by atoms with Gasteiger partial charge in [-0.15, -0.1) is 0 Å². The molecule has 168 valence electrons. The number of aryl methyl sites for hydroxylation is 1. The van der Waals surface area contributed by atoms with Gasteiger partial charge in [-0.05, 0) is 47.8 Å². The first-order valence-electron chi connectivity index (χ1n) is 17.1. The van der Waals surface area contributed by atoms with Crippen molar-refractivity contribution in [2.45, 2.75) is 64.9 Å². The van der Waals surface area contributed by atoms with Gasteiger partial charge < -0.3 is 19.9 Å². The largest absolute Gasteiger partial charge is 0.493 e. The standard InChI is InChI=1S/C24H38N2O4/c1-14(2)9-17-13-26-8-7-16-10-21(28-5)22(29-6)11-18(16)19(26)12-20(17)30-24(27)23(25)15(3)4/h10-11,14-15,17,19-20,23H,7-9,12-13,25H2,1-6H3/t17?,19?,20?,23-/m0/s1/i1D3,5D3,7D2,8D2,9D2,14D,19D,20D/t14?,17?,19?,20?,23-. The highest BCUT2D eigenvalue weighted by Crippen LogP contribution is 2.44. The van der Waals surface area contributed by atoms with Crippen molar-refractivity contribution >= 4 is 5.97 Å². The molecule has 2 aliphatic rings. The van der Waals surface area contributed by atoms with Gasteiger partial charge in [-0.2, -0.15) is 0 Å². The highest BCUT2D eigenvalue weighted by Gasteiger charge is 2.41. The zero-order valence-corrected chi connectivity index (χ0v) is 17.5. The van der Waals surface area contributed by atoms with Crippen LogP contribution < -0.4 is 15.2 Å². The summed E-state index contributed by atoms with van der Waals surface area (Å²) in [6.45, 7) is -3.64. The van der Waals surface area contributed by atoms with Gasteiger partial charge in [-0.25, -0.2) is 0 Å². The van der Waals surface area contributed by atoms with Gasteiger partial charge in [0.15, 0.2) is 11.5 Å². The van der Waals surface area contributed by atoms with E-state index in [1.54, 1.807) is 13.8 Å². The van der Waals surface area contributed by atoms with Crippen LogP contribution in [0.3, 0.4) is 0 Å². The van der Waals surface area contributed by atoms with Crippen molar-refractivity contribution in [1.29, 1.82) is 0 Å². The molecule has 0 spiro atoms. The number of piperidine rings is 1. The second-order valence-electron chi connectivity index (χ2n) is 7.60. The Kier molecular flexibility index (Phi) is 3.26. The lowest BCUT2D eigenvalue weighted by atomic mass is 9.79. The fourth-order valence-corrected chi connectivity index (χ4v) is 3.37. The maximum Gasteiger partial charge on any atom is 0.323 e. The van der Waals surface area contributed by atoms with Crippen LogP contribution >= 0.6 is 0 Å². The summed E-state index contributed by atoms with van der Waals surface area (Å²) in [6, 6.07) is -1.94. The smallest absolute Gasteiger partial charge is 0.323 e. The summed E-state index contributed by atoms with van der Waals surface area (Å²) in [7, 11) is -1.89. The fraction of sp³-hybridized carbons (Fsp3) is 0.708. The summed E-state index contributed by atoms with van der Waals surface area (Å²) >= 11 is 0. The number of benzene rings is 1. The van der Waals surface area contributed by atoms with Gasteiger partial charge in [-0.1, -0.05) is 27.6 Å². The number of carbonyl (C=O) groups excluding carboxylic acids is 1. The number of carbonyl (C=O) groups is 1. The molecule has 5 atom stereocenters. The second kappa shape index (κ2) is 9.56. The van der Waals surface area contributed by atoms with E-state index in [0.29, 0.717) is 4.90 Å². The third kappa shape index (κ3) is 4.75. The minimum atomic E-state index is -3.29. The van der Waals surface area contributed by atoms with Crippen LogP contribution in [0.4, 0.5) is 0 Å². The van der Waals surface area contributed by atoms with Gasteiger partial charge in [0.25, 0.3) is 0 Å². The Balaban J connectivity index is 2.38. The summed E-state index contributed by atoms with van der Waals surface area (Å²) in [5, 5.41) is 0. The summed E-state index contributed by atoms with van der Waals surface area (Å²) in [5.41, 5.74) is 5.08. The number of esters is 1. The molecule has 1 saturated heterocycles. The van der Waals surface area contributed by atoms with Crippen LogP contribution in [0.15, 0.2) is 12.1 Å². The molecule has 0 aromatic heterocycles. The van der Waals surface area contributed by atoms with Crippen molar-refractivity contribution in [3.05, 3.63) is 23.3 Å². The zero-order valence-electron chi connectivity index (χ0n) is 32.5. The normalized spacial score (nSPS) is 43.8. The van der Waals surface area contributed by atoms with E-state index >= 15 is 0 Å². The van der Waals surface area contributed by atoms with Crippen LogP contribution in [0.1, 0.15) is 78.1 Å². The van der Waals surface area contributed by atoms with E-state index in [0.717, 1.165) is 26.2 Å². The average Bonchev–Trinajstić information content (AvgIpc) is 2.84. The van der Waals surface area contributed by atoms with Crippen LogP contribution in [-0.4, -0.2) is 50.2 Å². The highest BCUT2D eigenvalue weighted by atomic mass is 16.5. The van der Waals surface area contributed by atoms with E-state index in [1.165, 1.54) is 0 Å². The number of fused-ring (bicyclic) bond motifs is 3. The number of ether oxygens (including phenoxy) is 3. The molecule has 6 heteroatoms. The quantitative estimate of drug-likeness (QED) is 0.663. The van der Waals surface area contributed by atoms with Crippen molar-refractivity contribution in [1.82, 2.24) is 4.90 Å². The number of nitrogens with zero attached hydrogens (tertiary/aromatic N) is 1. The molecule has 2 heterocycles. The molecular weight excluding hydrogens is 380 g/mol. The molecule has 3 rings (SSSR count). The number of hydrogen-bond acceptors (Lipinski definition) is 6.